The van der Waals surface area contributed by atoms with E-state index in [9.17, 15) is 9.59 Å². The first kappa shape index (κ1) is 21.0. The molecule has 1 saturated carbocycles. The van der Waals surface area contributed by atoms with Gasteiger partial charge in [0.25, 0.3) is 5.91 Å². The lowest BCUT2D eigenvalue weighted by Crippen LogP contribution is -2.45. The van der Waals surface area contributed by atoms with E-state index in [0.29, 0.717) is 11.3 Å². The molecule has 1 aliphatic heterocycles. The van der Waals surface area contributed by atoms with Gasteiger partial charge in [0.2, 0.25) is 0 Å². The smallest absolute Gasteiger partial charge is 0.319 e. The number of hydrogen-bond donors (Lipinski definition) is 3. The molecule has 3 N–H and O–H groups in total. The van der Waals surface area contributed by atoms with Crippen LogP contribution >= 0.6 is 0 Å². The molecule has 162 valence electrons. The number of carbonyl (C=O) groups excluding carboxylic acids is 2. The Labute approximate surface area is 183 Å². The minimum Gasteiger partial charge on any atom is -0.490 e. The maximum Gasteiger partial charge on any atom is 0.319 e. The Kier molecular flexibility index (Phi) is 5.98. The lowest BCUT2D eigenvalue weighted by atomic mass is 9.94. The molecule has 0 bridgehead atoms. The number of anilines is 1. The second-order valence-corrected chi connectivity index (χ2v) is 8.42. The Bertz CT molecular complexity index is 1020. The number of benzene rings is 2. The van der Waals surface area contributed by atoms with Crippen LogP contribution in [0.25, 0.3) is 0 Å². The lowest BCUT2D eigenvalue weighted by molar-refractivity contribution is -0.113. The predicted molar refractivity (Wildman–Crippen MR) is 121 cm³/mol. The molecular formula is C25H29N3O3. The molecule has 2 aromatic carbocycles. The Morgan fingerprint density at radius 2 is 1.71 bits per heavy atom. The Hall–Kier alpha value is -3.28. The van der Waals surface area contributed by atoms with Crippen molar-refractivity contribution in [2.24, 2.45) is 0 Å². The maximum absolute atomic E-state index is 13.2. The van der Waals surface area contributed by atoms with Gasteiger partial charge in [-0.1, -0.05) is 18.2 Å². The second kappa shape index (κ2) is 8.84. The van der Waals surface area contributed by atoms with E-state index in [1.54, 1.807) is 6.92 Å². The van der Waals surface area contributed by atoms with Crippen LogP contribution in [-0.4, -0.2) is 18.0 Å². The number of rotatable bonds is 5. The van der Waals surface area contributed by atoms with Crippen LogP contribution in [0.5, 0.6) is 5.75 Å². The van der Waals surface area contributed by atoms with E-state index in [4.69, 9.17) is 4.74 Å². The van der Waals surface area contributed by atoms with E-state index >= 15 is 0 Å². The van der Waals surface area contributed by atoms with Gasteiger partial charge in [0.1, 0.15) is 5.75 Å². The third kappa shape index (κ3) is 4.74. The van der Waals surface area contributed by atoms with Crippen molar-refractivity contribution < 1.29 is 14.3 Å². The van der Waals surface area contributed by atoms with Crippen LogP contribution in [0.2, 0.25) is 0 Å². The van der Waals surface area contributed by atoms with Gasteiger partial charge in [0.15, 0.2) is 0 Å². The van der Waals surface area contributed by atoms with Gasteiger partial charge in [-0.2, -0.15) is 0 Å². The summed E-state index contributed by atoms with van der Waals surface area (Å²) in [5, 5.41) is 8.57. The van der Waals surface area contributed by atoms with E-state index in [-0.39, 0.29) is 18.0 Å². The summed E-state index contributed by atoms with van der Waals surface area (Å²) < 4.78 is 6.04. The number of allylic oxidation sites excluding steroid dienone is 1. The monoisotopic (exact) mass is 419 g/mol. The van der Waals surface area contributed by atoms with Crippen molar-refractivity contribution in [3.05, 3.63) is 70.4 Å². The minimum atomic E-state index is -0.541. The molecule has 0 unspecified atom stereocenters. The topological polar surface area (TPSA) is 79.5 Å². The molecule has 1 fully saturated rings. The molecule has 0 radical (unpaired) electrons. The summed E-state index contributed by atoms with van der Waals surface area (Å²) in [6.45, 7) is 5.79. The van der Waals surface area contributed by atoms with E-state index in [2.05, 4.69) is 16.0 Å². The summed E-state index contributed by atoms with van der Waals surface area (Å²) in [7, 11) is 0. The van der Waals surface area contributed by atoms with Crippen molar-refractivity contribution in [1.82, 2.24) is 10.6 Å². The zero-order valence-electron chi connectivity index (χ0n) is 18.2. The highest BCUT2D eigenvalue weighted by Crippen LogP contribution is 2.30. The van der Waals surface area contributed by atoms with Gasteiger partial charge in [-0.15, -0.1) is 0 Å². The first-order valence-corrected chi connectivity index (χ1v) is 10.8. The zero-order valence-corrected chi connectivity index (χ0v) is 18.2. The van der Waals surface area contributed by atoms with Crippen LogP contribution < -0.4 is 20.7 Å². The number of nitrogens with one attached hydrogen (secondary N) is 3. The number of carbonyl (C=O) groups is 2. The summed E-state index contributed by atoms with van der Waals surface area (Å²) in [5.74, 6) is 0.572. The largest absolute Gasteiger partial charge is 0.490 e. The number of aryl methyl sites for hydroxylation is 2. The standard InChI is InChI=1S/C25H29N3O3/c1-15-8-11-19(14-16(15)2)27-24(29)22-17(3)26-25(30)28-23(22)18-9-12-21(13-10-18)31-20-6-4-5-7-20/h8-14,20,23H,4-7H2,1-3H3,(H,27,29)(H2,26,28,30)/t23-/m1/s1. The molecule has 2 aromatic rings. The average molecular weight is 420 g/mol. The van der Waals surface area contributed by atoms with Crippen molar-refractivity contribution >= 4 is 17.6 Å². The van der Waals surface area contributed by atoms with Gasteiger partial charge in [-0.05, 0) is 87.4 Å². The quantitative estimate of drug-likeness (QED) is 0.645. The van der Waals surface area contributed by atoms with Gasteiger partial charge in [0.05, 0.1) is 17.7 Å². The van der Waals surface area contributed by atoms with Gasteiger partial charge >= 0.3 is 6.03 Å². The van der Waals surface area contributed by atoms with E-state index in [1.807, 2.05) is 56.3 Å². The van der Waals surface area contributed by atoms with Crippen LogP contribution in [0, 0.1) is 13.8 Å². The molecule has 1 aliphatic carbocycles. The third-order valence-corrected chi connectivity index (χ3v) is 6.10. The molecule has 6 nitrogen and oxygen atoms in total. The lowest BCUT2D eigenvalue weighted by Gasteiger charge is -2.29. The number of amides is 3. The first-order chi connectivity index (χ1) is 14.9. The molecule has 1 heterocycles. The summed E-state index contributed by atoms with van der Waals surface area (Å²) in [4.78, 5) is 25.3. The Balaban J connectivity index is 1.56. The van der Waals surface area contributed by atoms with Crippen LogP contribution in [0.4, 0.5) is 10.5 Å². The molecule has 6 heteroatoms. The maximum atomic E-state index is 13.2. The average Bonchev–Trinajstić information content (AvgIpc) is 3.23. The van der Waals surface area contributed by atoms with E-state index in [1.165, 1.54) is 12.8 Å². The summed E-state index contributed by atoms with van der Waals surface area (Å²) in [6, 6.07) is 12.6. The van der Waals surface area contributed by atoms with Crippen molar-refractivity contribution in [3.63, 3.8) is 0 Å². The fourth-order valence-electron chi connectivity index (χ4n) is 4.20. The SMILES string of the molecule is CC1=C(C(=O)Nc2ccc(C)c(C)c2)[C@@H](c2ccc(OC3CCCC3)cc2)NC(=O)N1. The fourth-order valence-corrected chi connectivity index (χ4v) is 4.20. The molecule has 0 spiro atoms. The van der Waals surface area contributed by atoms with Crippen LogP contribution in [0.1, 0.15) is 55.3 Å². The number of ether oxygens (including phenoxy) is 1. The fraction of sp³-hybridized carbons (Fsp3) is 0.360. The Morgan fingerprint density at radius 3 is 2.39 bits per heavy atom. The van der Waals surface area contributed by atoms with Gasteiger partial charge in [0, 0.05) is 11.4 Å². The van der Waals surface area contributed by atoms with Crippen molar-refractivity contribution in [2.45, 2.75) is 58.6 Å². The highest BCUT2D eigenvalue weighted by molar-refractivity contribution is 6.06. The van der Waals surface area contributed by atoms with Crippen LogP contribution in [0.15, 0.2) is 53.7 Å². The Morgan fingerprint density at radius 1 is 1.00 bits per heavy atom. The second-order valence-electron chi connectivity index (χ2n) is 8.42. The van der Waals surface area contributed by atoms with Crippen LogP contribution in [0.3, 0.4) is 0 Å². The number of urea groups is 1. The third-order valence-electron chi connectivity index (χ3n) is 6.10. The molecule has 3 amide bonds. The molecule has 4 rings (SSSR count). The predicted octanol–water partition coefficient (Wildman–Crippen LogP) is 4.89. The zero-order chi connectivity index (χ0) is 22.0. The molecule has 31 heavy (non-hydrogen) atoms. The normalized spacial score (nSPS) is 19.1. The summed E-state index contributed by atoms with van der Waals surface area (Å²) in [5.41, 5.74) is 4.86. The summed E-state index contributed by atoms with van der Waals surface area (Å²) in [6.07, 6.45) is 4.90. The van der Waals surface area contributed by atoms with Crippen molar-refractivity contribution in [1.29, 1.82) is 0 Å². The highest BCUT2D eigenvalue weighted by atomic mass is 16.5. The molecule has 2 aliphatic rings. The minimum absolute atomic E-state index is 0.246. The first-order valence-electron chi connectivity index (χ1n) is 10.8. The molecular weight excluding hydrogens is 390 g/mol. The summed E-state index contributed by atoms with van der Waals surface area (Å²) >= 11 is 0. The molecule has 0 saturated heterocycles. The van der Waals surface area contributed by atoms with E-state index < -0.39 is 6.04 Å². The number of hydrogen-bond acceptors (Lipinski definition) is 3. The molecule has 1 atom stereocenters. The van der Waals surface area contributed by atoms with Crippen molar-refractivity contribution in [2.75, 3.05) is 5.32 Å². The van der Waals surface area contributed by atoms with Crippen LogP contribution in [-0.2, 0) is 4.79 Å². The van der Waals surface area contributed by atoms with Gasteiger partial charge in [-0.25, -0.2) is 4.79 Å². The molecule has 0 aromatic heterocycles. The van der Waals surface area contributed by atoms with E-state index in [0.717, 1.165) is 41.0 Å². The van der Waals surface area contributed by atoms with Gasteiger partial charge in [-0.3, -0.25) is 4.79 Å². The highest BCUT2D eigenvalue weighted by Gasteiger charge is 2.31. The van der Waals surface area contributed by atoms with Crippen molar-refractivity contribution in [3.8, 4) is 5.75 Å². The van der Waals surface area contributed by atoms with Gasteiger partial charge < -0.3 is 20.7 Å².